The summed E-state index contributed by atoms with van der Waals surface area (Å²) in [6.07, 6.45) is 9.53. The van der Waals surface area contributed by atoms with Crippen molar-refractivity contribution in [1.29, 1.82) is 0 Å². The first kappa shape index (κ1) is 11.3. The minimum atomic E-state index is -0.657. The molecule has 80 valence electrons. The van der Waals surface area contributed by atoms with Crippen molar-refractivity contribution in [3.8, 4) is 0 Å². The molecule has 0 aromatic rings. The Balaban J connectivity index is 2.36. The highest BCUT2D eigenvalue weighted by atomic mass is 16.4. The SMILES string of the molecule is C=CCC(CC1CCCCC1)C(=O)O. The van der Waals surface area contributed by atoms with E-state index in [0.717, 1.165) is 6.42 Å². The van der Waals surface area contributed by atoms with Crippen molar-refractivity contribution in [3.63, 3.8) is 0 Å². The van der Waals surface area contributed by atoms with Crippen LogP contribution >= 0.6 is 0 Å². The third-order valence-electron chi connectivity index (χ3n) is 3.14. The smallest absolute Gasteiger partial charge is 0.306 e. The molecule has 1 fully saturated rings. The molecule has 0 amide bonds. The van der Waals surface area contributed by atoms with Crippen LogP contribution in [0.2, 0.25) is 0 Å². The standard InChI is InChI=1S/C12H20O2/c1-2-6-11(12(13)14)9-10-7-4-3-5-8-10/h2,10-11H,1,3-9H2,(H,13,14). The van der Waals surface area contributed by atoms with E-state index in [1.165, 1.54) is 32.1 Å². The van der Waals surface area contributed by atoms with Gasteiger partial charge in [0.05, 0.1) is 5.92 Å². The highest BCUT2D eigenvalue weighted by molar-refractivity contribution is 5.70. The van der Waals surface area contributed by atoms with E-state index in [-0.39, 0.29) is 5.92 Å². The van der Waals surface area contributed by atoms with Gasteiger partial charge in [-0.05, 0) is 18.8 Å². The van der Waals surface area contributed by atoms with Crippen LogP contribution in [0.25, 0.3) is 0 Å². The van der Waals surface area contributed by atoms with E-state index in [1.807, 2.05) is 0 Å². The van der Waals surface area contributed by atoms with Gasteiger partial charge in [0.25, 0.3) is 0 Å². The summed E-state index contributed by atoms with van der Waals surface area (Å²) < 4.78 is 0. The van der Waals surface area contributed by atoms with Crippen LogP contribution in [0.15, 0.2) is 12.7 Å². The predicted molar refractivity (Wildman–Crippen MR) is 57.1 cm³/mol. The van der Waals surface area contributed by atoms with Crippen LogP contribution in [0, 0.1) is 11.8 Å². The van der Waals surface area contributed by atoms with E-state index in [1.54, 1.807) is 6.08 Å². The van der Waals surface area contributed by atoms with Crippen molar-refractivity contribution in [2.45, 2.75) is 44.9 Å². The fourth-order valence-corrected chi connectivity index (χ4v) is 2.32. The molecule has 2 nitrogen and oxygen atoms in total. The van der Waals surface area contributed by atoms with Gasteiger partial charge in [0, 0.05) is 0 Å². The number of hydrogen-bond acceptors (Lipinski definition) is 1. The fourth-order valence-electron chi connectivity index (χ4n) is 2.32. The van der Waals surface area contributed by atoms with Crippen molar-refractivity contribution in [2.24, 2.45) is 11.8 Å². The van der Waals surface area contributed by atoms with Gasteiger partial charge < -0.3 is 5.11 Å². The fraction of sp³-hybridized carbons (Fsp3) is 0.750. The van der Waals surface area contributed by atoms with Gasteiger partial charge in [-0.15, -0.1) is 6.58 Å². The summed E-state index contributed by atoms with van der Waals surface area (Å²) >= 11 is 0. The number of aliphatic carboxylic acids is 1. The number of carbonyl (C=O) groups is 1. The minimum absolute atomic E-state index is 0.199. The highest BCUT2D eigenvalue weighted by Gasteiger charge is 2.22. The molecule has 1 aliphatic rings. The zero-order valence-corrected chi connectivity index (χ0v) is 8.74. The largest absolute Gasteiger partial charge is 0.481 e. The van der Waals surface area contributed by atoms with Crippen LogP contribution in [0.3, 0.4) is 0 Å². The van der Waals surface area contributed by atoms with Crippen molar-refractivity contribution in [3.05, 3.63) is 12.7 Å². The Morgan fingerprint density at radius 2 is 2.07 bits per heavy atom. The normalized spacial score (nSPS) is 20.3. The Bertz CT molecular complexity index is 192. The molecule has 2 heteroatoms. The lowest BCUT2D eigenvalue weighted by molar-refractivity contribution is -0.142. The molecule has 0 aromatic heterocycles. The van der Waals surface area contributed by atoms with Crippen molar-refractivity contribution >= 4 is 5.97 Å². The molecule has 1 unspecified atom stereocenters. The zero-order valence-electron chi connectivity index (χ0n) is 8.74. The molecule has 1 saturated carbocycles. The molecule has 1 atom stereocenters. The molecular formula is C12H20O2. The summed E-state index contributed by atoms with van der Waals surface area (Å²) in [7, 11) is 0. The summed E-state index contributed by atoms with van der Waals surface area (Å²) in [5.74, 6) is -0.212. The van der Waals surface area contributed by atoms with Crippen molar-refractivity contribution in [1.82, 2.24) is 0 Å². The molecule has 0 bridgehead atoms. The summed E-state index contributed by atoms with van der Waals surface area (Å²) in [6.45, 7) is 3.61. The lowest BCUT2D eigenvalue weighted by Gasteiger charge is -2.23. The Labute approximate surface area is 86.0 Å². The van der Waals surface area contributed by atoms with E-state index in [0.29, 0.717) is 12.3 Å². The second-order valence-electron chi connectivity index (χ2n) is 4.30. The Kier molecular flexibility index (Phi) is 4.71. The van der Waals surface area contributed by atoms with E-state index in [4.69, 9.17) is 5.11 Å². The van der Waals surface area contributed by atoms with Gasteiger partial charge in [0.2, 0.25) is 0 Å². The maximum absolute atomic E-state index is 10.9. The molecule has 1 N–H and O–H groups in total. The number of rotatable bonds is 5. The van der Waals surface area contributed by atoms with Crippen LogP contribution in [0.5, 0.6) is 0 Å². The second-order valence-corrected chi connectivity index (χ2v) is 4.30. The van der Waals surface area contributed by atoms with E-state index >= 15 is 0 Å². The average Bonchev–Trinajstić information content (AvgIpc) is 2.18. The molecule has 0 heterocycles. The Morgan fingerprint density at radius 3 is 2.57 bits per heavy atom. The quantitative estimate of drug-likeness (QED) is 0.685. The van der Waals surface area contributed by atoms with E-state index < -0.39 is 5.97 Å². The number of carboxylic acid groups (broad SMARTS) is 1. The predicted octanol–water partition coefficient (Wildman–Crippen LogP) is 3.23. The molecule has 0 aliphatic heterocycles. The first-order valence-corrected chi connectivity index (χ1v) is 5.57. The lowest BCUT2D eigenvalue weighted by atomic mass is 9.82. The molecule has 14 heavy (non-hydrogen) atoms. The molecule has 1 aliphatic carbocycles. The van der Waals surface area contributed by atoms with Crippen LogP contribution in [0.4, 0.5) is 0 Å². The minimum Gasteiger partial charge on any atom is -0.481 e. The van der Waals surface area contributed by atoms with E-state index in [9.17, 15) is 4.79 Å². The molecule has 0 radical (unpaired) electrons. The molecule has 0 spiro atoms. The van der Waals surface area contributed by atoms with Gasteiger partial charge in [-0.1, -0.05) is 38.2 Å². The summed E-state index contributed by atoms with van der Waals surface area (Å²) in [5.41, 5.74) is 0. The van der Waals surface area contributed by atoms with Gasteiger partial charge in [-0.3, -0.25) is 4.79 Å². The van der Waals surface area contributed by atoms with Crippen molar-refractivity contribution in [2.75, 3.05) is 0 Å². The summed E-state index contributed by atoms with van der Waals surface area (Å²) in [5, 5.41) is 8.99. The van der Waals surface area contributed by atoms with Gasteiger partial charge >= 0.3 is 5.97 Å². The topological polar surface area (TPSA) is 37.3 Å². The maximum atomic E-state index is 10.9. The average molecular weight is 196 g/mol. The summed E-state index contributed by atoms with van der Waals surface area (Å²) in [6, 6.07) is 0. The van der Waals surface area contributed by atoms with Gasteiger partial charge in [0.1, 0.15) is 0 Å². The Morgan fingerprint density at radius 1 is 1.43 bits per heavy atom. The molecule has 0 saturated heterocycles. The monoisotopic (exact) mass is 196 g/mol. The van der Waals surface area contributed by atoms with Gasteiger partial charge in [0.15, 0.2) is 0 Å². The Hall–Kier alpha value is -0.790. The summed E-state index contributed by atoms with van der Waals surface area (Å²) in [4.78, 5) is 10.9. The van der Waals surface area contributed by atoms with Gasteiger partial charge in [-0.2, -0.15) is 0 Å². The number of carboxylic acids is 1. The number of hydrogen-bond donors (Lipinski definition) is 1. The second kappa shape index (κ2) is 5.84. The zero-order chi connectivity index (χ0) is 10.4. The van der Waals surface area contributed by atoms with Crippen LogP contribution in [0.1, 0.15) is 44.9 Å². The highest BCUT2D eigenvalue weighted by Crippen LogP contribution is 2.30. The van der Waals surface area contributed by atoms with Crippen LogP contribution in [-0.2, 0) is 4.79 Å². The molecule has 1 rings (SSSR count). The van der Waals surface area contributed by atoms with Crippen LogP contribution < -0.4 is 0 Å². The molecule has 0 aromatic carbocycles. The van der Waals surface area contributed by atoms with Gasteiger partial charge in [-0.25, -0.2) is 0 Å². The first-order chi connectivity index (χ1) is 6.74. The molecular weight excluding hydrogens is 176 g/mol. The van der Waals surface area contributed by atoms with Crippen molar-refractivity contribution < 1.29 is 9.90 Å². The number of allylic oxidation sites excluding steroid dienone is 1. The maximum Gasteiger partial charge on any atom is 0.306 e. The third-order valence-corrected chi connectivity index (χ3v) is 3.14. The lowest BCUT2D eigenvalue weighted by Crippen LogP contribution is -2.18. The van der Waals surface area contributed by atoms with E-state index in [2.05, 4.69) is 6.58 Å². The third kappa shape index (κ3) is 3.52. The first-order valence-electron chi connectivity index (χ1n) is 5.57. The van der Waals surface area contributed by atoms with Crippen LogP contribution in [-0.4, -0.2) is 11.1 Å².